The molecular formula is C17H34N2. The third kappa shape index (κ3) is 4.46. The van der Waals surface area contributed by atoms with Gasteiger partial charge in [0, 0.05) is 25.2 Å². The van der Waals surface area contributed by atoms with E-state index < -0.39 is 0 Å². The molecule has 4 unspecified atom stereocenters. The largest absolute Gasteiger partial charge is 0.311 e. The molecule has 112 valence electrons. The van der Waals surface area contributed by atoms with Crippen molar-refractivity contribution in [3.8, 4) is 0 Å². The van der Waals surface area contributed by atoms with Gasteiger partial charge in [0.05, 0.1) is 0 Å². The predicted molar refractivity (Wildman–Crippen MR) is 83.5 cm³/mol. The van der Waals surface area contributed by atoms with Crippen molar-refractivity contribution in [2.75, 3.05) is 19.6 Å². The molecule has 0 amide bonds. The SMILES string of the molecule is CCC1CN(CCC2CCCC(C)C2)C(CC)CN1. The predicted octanol–water partition coefficient (Wildman–Crippen LogP) is 3.67. The van der Waals surface area contributed by atoms with Gasteiger partial charge in [-0.2, -0.15) is 0 Å². The van der Waals surface area contributed by atoms with Gasteiger partial charge in [-0.1, -0.05) is 40.0 Å². The lowest BCUT2D eigenvalue weighted by molar-refractivity contribution is 0.110. The summed E-state index contributed by atoms with van der Waals surface area (Å²) >= 11 is 0. The highest BCUT2D eigenvalue weighted by molar-refractivity contribution is 4.85. The topological polar surface area (TPSA) is 15.3 Å². The summed E-state index contributed by atoms with van der Waals surface area (Å²) in [6, 6.07) is 1.51. The molecule has 1 saturated carbocycles. The Hall–Kier alpha value is -0.0800. The summed E-state index contributed by atoms with van der Waals surface area (Å²) in [6.45, 7) is 10.9. The summed E-state index contributed by atoms with van der Waals surface area (Å²) in [7, 11) is 0. The summed E-state index contributed by atoms with van der Waals surface area (Å²) in [4.78, 5) is 2.78. The smallest absolute Gasteiger partial charge is 0.0218 e. The van der Waals surface area contributed by atoms with E-state index in [-0.39, 0.29) is 0 Å². The first-order valence-electron chi connectivity index (χ1n) is 8.70. The molecule has 0 bridgehead atoms. The Morgan fingerprint density at radius 1 is 1.16 bits per heavy atom. The van der Waals surface area contributed by atoms with Crippen LogP contribution < -0.4 is 5.32 Å². The van der Waals surface area contributed by atoms with Gasteiger partial charge in [-0.15, -0.1) is 0 Å². The molecule has 19 heavy (non-hydrogen) atoms. The summed E-state index contributed by atoms with van der Waals surface area (Å²) in [5, 5.41) is 3.70. The molecule has 1 saturated heterocycles. The van der Waals surface area contributed by atoms with E-state index in [0.717, 1.165) is 23.9 Å². The quantitative estimate of drug-likeness (QED) is 0.817. The van der Waals surface area contributed by atoms with Crippen LogP contribution in [0, 0.1) is 11.8 Å². The minimum absolute atomic E-state index is 0.730. The first kappa shape index (κ1) is 15.3. The zero-order valence-corrected chi connectivity index (χ0v) is 13.3. The van der Waals surface area contributed by atoms with Crippen LogP contribution in [0.2, 0.25) is 0 Å². The van der Waals surface area contributed by atoms with Crippen LogP contribution in [0.1, 0.15) is 65.7 Å². The molecule has 1 heterocycles. The Kier molecular flexibility index (Phi) is 6.15. The second-order valence-corrected chi connectivity index (χ2v) is 7.00. The molecule has 2 nitrogen and oxygen atoms in total. The number of rotatable bonds is 5. The van der Waals surface area contributed by atoms with Crippen molar-refractivity contribution in [3.63, 3.8) is 0 Å². The van der Waals surface area contributed by atoms with E-state index in [1.165, 1.54) is 64.6 Å². The van der Waals surface area contributed by atoms with E-state index in [2.05, 4.69) is 31.0 Å². The lowest BCUT2D eigenvalue weighted by Gasteiger charge is -2.41. The van der Waals surface area contributed by atoms with Gasteiger partial charge in [0.25, 0.3) is 0 Å². The monoisotopic (exact) mass is 266 g/mol. The highest BCUT2D eigenvalue weighted by atomic mass is 15.2. The molecule has 0 aromatic rings. The molecule has 0 spiro atoms. The molecule has 2 fully saturated rings. The first-order chi connectivity index (χ1) is 9.22. The second kappa shape index (κ2) is 7.64. The van der Waals surface area contributed by atoms with Gasteiger partial charge in [-0.05, 0) is 44.1 Å². The minimum Gasteiger partial charge on any atom is -0.311 e. The van der Waals surface area contributed by atoms with Gasteiger partial charge in [0.2, 0.25) is 0 Å². The number of nitrogens with one attached hydrogen (secondary N) is 1. The highest BCUT2D eigenvalue weighted by Gasteiger charge is 2.27. The van der Waals surface area contributed by atoms with Crippen molar-refractivity contribution in [3.05, 3.63) is 0 Å². The molecular weight excluding hydrogens is 232 g/mol. The van der Waals surface area contributed by atoms with Gasteiger partial charge >= 0.3 is 0 Å². The van der Waals surface area contributed by atoms with Gasteiger partial charge < -0.3 is 5.32 Å². The van der Waals surface area contributed by atoms with Crippen LogP contribution in [-0.2, 0) is 0 Å². The zero-order chi connectivity index (χ0) is 13.7. The molecule has 0 radical (unpaired) electrons. The fraction of sp³-hybridized carbons (Fsp3) is 1.00. The van der Waals surface area contributed by atoms with E-state index in [9.17, 15) is 0 Å². The molecule has 1 aliphatic carbocycles. The van der Waals surface area contributed by atoms with Crippen LogP contribution in [0.3, 0.4) is 0 Å². The number of hydrogen-bond donors (Lipinski definition) is 1. The fourth-order valence-electron chi connectivity index (χ4n) is 4.05. The van der Waals surface area contributed by atoms with Crippen molar-refractivity contribution in [1.29, 1.82) is 0 Å². The van der Waals surface area contributed by atoms with E-state index in [1.807, 2.05) is 0 Å². The summed E-state index contributed by atoms with van der Waals surface area (Å²) < 4.78 is 0. The number of piperazine rings is 1. The van der Waals surface area contributed by atoms with E-state index in [4.69, 9.17) is 0 Å². The maximum Gasteiger partial charge on any atom is 0.0218 e. The molecule has 2 heteroatoms. The van der Waals surface area contributed by atoms with Crippen molar-refractivity contribution in [2.45, 2.75) is 77.8 Å². The highest BCUT2D eigenvalue weighted by Crippen LogP contribution is 2.31. The van der Waals surface area contributed by atoms with Crippen molar-refractivity contribution in [1.82, 2.24) is 10.2 Å². The Morgan fingerprint density at radius 2 is 2.00 bits per heavy atom. The van der Waals surface area contributed by atoms with E-state index in [1.54, 1.807) is 0 Å². The molecule has 0 aromatic heterocycles. The second-order valence-electron chi connectivity index (χ2n) is 7.00. The molecule has 4 atom stereocenters. The van der Waals surface area contributed by atoms with Crippen LogP contribution in [-0.4, -0.2) is 36.6 Å². The third-order valence-corrected chi connectivity index (χ3v) is 5.45. The van der Waals surface area contributed by atoms with Crippen LogP contribution in [0.4, 0.5) is 0 Å². The number of hydrogen-bond acceptors (Lipinski definition) is 2. The van der Waals surface area contributed by atoms with Gasteiger partial charge in [-0.3, -0.25) is 4.90 Å². The molecule has 2 rings (SSSR count). The molecule has 0 aromatic carbocycles. The summed E-state index contributed by atoms with van der Waals surface area (Å²) in [5.41, 5.74) is 0. The maximum atomic E-state index is 3.70. The average molecular weight is 266 g/mol. The van der Waals surface area contributed by atoms with Gasteiger partial charge in [0.15, 0.2) is 0 Å². The standard InChI is InChI=1S/C17H34N2/c1-4-16-13-19(17(5-2)12-18-16)10-9-15-8-6-7-14(3)11-15/h14-18H,4-13H2,1-3H3. The normalized spacial score (nSPS) is 37.4. The van der Waals surface area contributed by atoms with E-state index in [0.29, 0.717) is 0 Å². The first-order valence-corrected chi connectivity index (χ1v) is 8.70. The Morgan fingerprint density at radius 3 is 2.68 bits per heavy atom. The third-order valence-electron chi connectivity index (χ3n) is 5.45. The van der Waals surface area contributed by atoms with Crippen LogP contribution in [0.5, 0.6) is 0 Å². The zero-order valence-electron chi connectivity index (χ0n) is 13.3. The van der Waals surface area contributed by atoms with Gasteiger partial charge in [-0.25, -0.2) is 0 Å². The van der Waals surface area contributed by atoms with Crippen LogP contribution >= 0.6 is 0 Å². The van der Waals surface area contributed by atoms with Crippen LogP contribution in [0.15, 0.2) is 0 Å². The Balaban J connectivity index is 1.78. The molecule has 1 aliphatic heterocycles. The summed E-state index contributed by atoms with van der Waals surface area (Å²) in [5.74, 6) is 1.99. The van der Waals surface area contributed by atoms with E-state index >= 15 is 0 Å². The summed E-state index contributed by atoms with van der Waals surface area (Å²) in [6.07, 6.45) is 9.93. The molecule has 1 N–H and O–H groups in total. The minimum atomic E-state index is 0.730. The van der Waals surface area contributed by atoms with Crippen LogP contribution in [0.25, 0.3) is 0 Å². The Labute approximate surface area is 120 Å². The fourth-order valence-corrected chi connectivity index (χ4v) is 4.05. The van der Waals surface area contributed by atoms with Crippen molar-refractivity contribution < 1.29 is 0 Å². The maximum absolute atomic E-state index is 3.70. The lowest BCUT2D eigenvalue weighted by atomic mass is 9.80. The van der Waals surface area contributed by atoms with Crippen molar-refractivity contribution >= 4 is 0 Å². The number of nitrogens with zero attached hydrogens (tertiary/aromatic N) is 1. The van der Waals surface area contributed by atoms with Gasteiger partial charge in [0.1, 0.15) is 0 Å². The lowest BCUT2D eigenvalue weighted by Crippen LogP contribution is -2.56. The Bertz CT molecular complexity index is 254. The average Bonchev–Trinajstić information content (AvgIpc) is 2.45. The molecule has 2 aliphatic rings. The van der Waals surface area contributed by atoms with Crippen molar-refractivity contribution in [2.24, 2.45) is 11.8 Å².